The molecule has 1 aliphatic rings. The molecule has 0 N–H and O–H groups in total. The Hall–Kier alpha value is 0.177. The van der Waals surface area contributed by atoms with Gasteiger partial charge in [0.25, 0.3) is 0 Å². The van der Waals surface area contributed by atoms with E-state index in [-0.39, 0.29) is 5.60 Å². The van der Waals surface area contributed by atoms with Gasteiger partial charge >= 0.3 is 0 Å². The van der Waals surface area contributed by atoms with Gasteiger partial charge in [-0.1, -0.05) is 20.8 Å². The molecule has 0 radical (unpaired) electrons. The summed E-state index contributed by atoms with van der Waals surface area (Å²) in [6.45, 7) is 13.7. The molecule has 2 heteroatoms. The minimum atomic E-state index is -1.34. The van der Waals surface area contributed by atoms with Crippen molar-refractivity contribution >= 4 is 8.32 Å². The van der Waals surface area contributed by atoms with E-state index in [1.165, 1.54) is 12.8 Å². The predicted octanol–water partition coefficient (Wildman–Crippen LogP) is 3.42. The molecular formula is C10H22OSi. The van der Waals surface area contributed by atoms with Gasteiger partial charge < -0.3 is 4.43 Å². The molecule has 0 aromatic rings. The molecule has 1 rings (SSSR count). The van der Waals surface area contributed by atoms with Gasteiger partial charge in [-0.3, -0.25) is 0 Å². The van der Waals surface area contributed by atoms with Crippen LogP contribution in [0.1, 0.15) is 33.6 Å². The summed E-state index contributed by atoms with van der Waals surface area (Å²) in [7, 11) is -1.34. The van der Waals surface area contributed by atoms with E-state index in [1.807, 2.05) is 0 Å². The highest BCUT2D eigenvalue weighted by molar-refractivity contribution is 6.69. The maximum absolute atomic E-state index is 6.24. The summed E-state index contributed by atoms with van der Waals surface area (Å²) < 4.78 is 6.24. The van der Waals surface area contributed by atoms with Crippen LogP contribution in [-0.4, -0.2) is 13.9 Å². The normalized spacial score (nSPS) is 22.5. The van der Waals surface area contributed by atoms with Crippen LogP contribution in [0.25, 0.3) is 0 Å². The number of rotatable bonds is 2. The Bertz CT molecular complexity index is 169. The molecule has 0 aliphatic heterocycles. The van der Waals surface area contributed by atoms with Gasteiger partial charge in [0, 0.05) is 0 Å². The van der Waals surface area contributed by atoms with Crippen LogP contribution < -0.4 is 0 Å². The van der Waals surface area contributed by atoms with Gasteiger partial charge in [-0.25, -0.2) is 0 Å². The van der Waals surface area contributed by atoms with Crippen molar-refractivity contribution in [3.8, 4) is 0 Å². The number of hydrogen-bond acceptors (Lipinski definition) is 1. The zero-order chi connectivity index (χ0) is 9.62. The van der Waals surface area contributed by atoms with Crippen molar-refractivity contribution in [3.63, 3.8) is 0 Å². The first-order valence-electron chi connectivity index (χ1n) is 4.87. The SMILES string of the molecule is CC(C)(C)C1(O[Si](C)(C)C)CC1. The fraction of sp³-hybridized carbons (Fsp3) is 1.00. The molecule has 0 heterocycles. The van der Waals surface area contributed by atoms with E-state index >= 15 is 0 Å². The third-order valence-corrected chi connectivity index (χ3v) is 3.58. The summed E-state index contributed by atoms with van der Waals surface area (Å²) >= 11 is 0. The summed E-state index contributed by atoms with van der Waals surface area (Å²) in [5, 5.41) is 0. The Morgan fingerprint density at radius 1 is 1.08 bits per heavy atom. The molecule has 0 saturated heterocycles. The van der Waals surface area contributed by atoms with E-state index in [4.69, 9.17) is 4.43 Å². The van der Waals surface area contributed by atoms with Gasteiger partial charge in [0.05, 0.1) is 5.60 Å². The van der Waals surface area contributed by atoms with E-state index in [0.29, 0.717) is 5.41 Å². The van der Waals surface area contributed by atoms with Gasteiger partial charge in [0.2, 0.25) is 0 Å². The average Bonchev–Trinajstić information content (AvgIpc) is 2.39. The van der Waals surface area contributed by atoms with Gasteiger partial charge in [0.15, 0.2) is 8.32 Å². The molecule has 0 atom stereocenters. The first kappa shape index (κ1) is 10.3. The molecule has 1 saturated carbocycles. The van der Waals surface area contributed by atoms with E-state index in [1.54, 1.807) is 0 Å². The van der Waals surface area contributed by atoms with Crippen molar-refractivity contribution in [2.45, 2.75) is 58.9 Å². The molecule has 1 fully saturated rings. The fourth-order valence-electron chi connectivity index (χ4n) is 1.70. The highest BCUT2D eigenvalue weighted by Crippen LogP contribution is 2.53. The number of hydrogen-bond donors (Lipinski definition) is 0. The van der Waals surface area contributed by atoms with E-state index in [9.17, 15) is 0 Å². The molecule has 0 amide bonds. The second-order valence-corrected chi connectivity index (χ2v) is 10.4. The lowest BCUT2D eigenvalue weighted by Gasteiger charge is -2.36. The Balaban J connectivity index is 2.63. The van der Waals surface area contributed by atoms with Gasteiger partial charge in [0.1, 0.15) is 0 Å². The molecular weight excluding hydrogens is 164 g/mol. The summed E-state index contributed by atoms with van der Waals surface area (Å²) in [4.78, 5) is 0. The highest BCUT2D eigenvalue weighted by atomic mass is 28.4. The Kier molecular flexibility index (Phi) is 2.21. The van der Waals surface area contributed by atoms with E-state index in [0.717, 1.165) is 0 Å². The van der Waals surface area contributed by atoms with Crippen molar-refractivity contribution in [2.24, 2.45) is 5.41 Å². The second kappa shape index (κ2) is 2.58. The minimum Gasteiger partial charge on any atom is -0.412 e. The first-order valence-corrected chi connectivity index (χ1v) is 8.27. The quantitative estimate of drug-likeness (QED) is 0.600. The Labute approximate surface area is 77.6 Å². The van der Waals surface area contributed by atoms with E-state index in [2.05, 4.69) is 40.4 Å². The molecule has 12 heavy (non-hydrogen) atoms. The van der Waals surface area contributed by atoms with Crippen molar-refractivity contribution in [3.05, 3.63) is 0 Å². The molecule has 0 spiro atoms. The van der Waals surface area contributed by atoms with Gasteiger partial charge in [-0.05, 0) is 37.9 Å². The van der Waals surface area contributed by atoms with Crippen LogP contribution >= 0.6 is 0 Å². The summed E-state index contributed by atoms with van der Waals surface area (Å²) in [6.07, 6.45) is 2.53. The van der Waals surface area contributed by atoms with Gasteiger partial charge in [-0.2, -0.15) is 0 Å². The molecule has 1 nitrogen and oxygen atoms in total. The lowest BCUT2D eigenvalue weighted by Crippen LogP contribution is -2.41. The lowest BCUT2D eigenvalue weighted by molar-refractivity contribution is 0.0548. The van der Waals surface area contributed by atoms with Crippen LogP contribution in [0.5, 0.6) is 0 Å². The largest absolute Gasteiger partial charge is 0.412 e. The highest BCUT2D eigenvalue weighted by Gasteiger charge is 2.54. The molecule has 0 aromatic heterocycles. The minimum absolute atomic E-state index is 0.234. The lowest BCUT2D eigenvalue weighted by atomic mass is 9.87. The van der Waals surface area contributed by atoms with Crippen LogP contribution in [0.2, 0.25) is 19.6 Å². The van der Waals surface area contributed by atoms with Crippen LogP contribution in [0, 0.1) is 5.41 Å². The Morgan fingerprint density at radius 3 is 1.58 bits per heavy atom. The summed E-state index contributed by atoms with van der Waals surface area (Å²) in [6, 6.07) is 0. The Morgan fingerprint density at radius 2 is 1.50 bits per heavy atom. The smallest absolute Gasteiger partial charge is 0.184 e. The third kappa shape index (κ3) is 2.11. The third-order valence-electron chi connectivity index (χ3n) is 2.57. The molecule has 0 aromatic carbocycles. The van der Waals surface area contributed by atoms with Crippen LogP contribution in [0.3, 0.4) is 0 Å². The zero-order valence-electron chi connectivity index (χ0n) is 9.32. The molecule has 72 valence electrons. The fourth-order valence-corrected chi connectivity index (χ4v) is 3.39. The molecule has 0 unspecified atom stereocenters. The van der Waals surface area contributed by atoms with Crippen LogP contribution in [0.4, 0.5) is 0 Å². The standard InChI is InChI=1S/C10H22OSi/c1-9(2,3)10(7-8-10)11-12(4,5)6/h7-8H2,1-6H3. The van der Waals surface area contributed by atoms with Crippen molar-refractivity contribution in [1.29, 1.82) is 0 Å². The second-order valence-electron chi connectivity index (χ2n) is 5.96. The topological polar surface area (TPSA) is 9.23 Å². The van der Waals surface area contributed by atoms with Crippen LogP contribution in [0.15, 0.2) is 0 Å². The maximum Gasteiger partial charge on any atom is 0.184 e. The van der Waals surface area contributed by atoms with Crippen LogP contribution in [-0.2, 0) is 4.43 Å². The average molecular weight is 186 g/mol. The van der Waals surface area contributed by atoms with Gasteiger partial charge in [-0.15, -0.1) is 0 Å². The predicted molar refractivity (Wildman–Crippen MR) is 55.9 cm³/mol. The monoisotopic (exact) mass is 186 g/mol. The van der Waals surface area contributed by atoms with Crippen molar-refractivity contribution in [2.75, 3.05) is 0 Å². The zero-order valence-corrected chi connectivity index (χ0v) is 10.3. The first-order chi connectivity index (χ1) is 5.16. The summed E-state index contributed by atoms with van der Waals surface area (Å²) in [5.74, 6) is 0. The van der Waals surface area contributed by atoms with Crippen molar-refractivity contribution in [1.82, 2.24) is 0 Å². The molecule has 0 bridgehead atoms. The maximum atomic E-state index is 6.24. The van der Waals surface area contributed by atoms with E-state index < -0.39 is 8.32 Å². The molecule has 1 aliphatic carbocycles. The summed E-state index contributed by atoms with van der Waals surface area (Å²) in [5.41, 5.74) is 0.560. The van der Waals surface area contributed by atoms with Crippen molar-refractivity contribution < 1.29 is 4.43 Å².